The molecule has 0 fully saturated rings. The Labute approximate surface area is 95.6 Å². The molecule has 1 aromatic heterocycles. The van der Waals surface area contributed by atoms with E-state index in [1.807, 2.05) is 0 Å². The van der Waals surface area contributed by atoms with E-state index in [4.69, 9.17) is 0 Å². The SMILES string of the molecule is O=Cc1cc(OC(F)(F)F)nc(F)c1CBr. The van der Waals surface area contributed by atoms with E-state index in [2.05, 4.69) is 25.7 Å². The number of aromatic nitrogens is 1. The summed E-state index contributed by atoms with van der Waals surface area (Å²) >= 11 is 2.88. The molecule has 1 heterocycles. The molecule has 88 valence electrons. The number of nitrogens with zero attached hydrogens (tertiary/aromatic N) is 1. The van der Waals surface area contributed by atoms with Gasteiger partial charge in [-0.15, -0.1) is 13.2 Å². The summed E-state index contributed by atoms with van der Waals surface area (Å²) in [7, 11) is 0. The zero-order valence-electron chi connectivity index (χ0n) is 7.52. The Morgan fingerprint density at radius 2 is 2.12 bits per heavy atom. The second-order valence-corrected chi connectivity index (χ2v) is 3.18. The van der Waals surface area contributed by atoms with Crippen LogP contribution in [0, 0.1) is 5.95 Å². The number of alkyl halides is 4. The minimum atomic E-state index is -4.98. The number of rotatable bonds is 3. The molecule has 0 N–H and O–H groups in total. The van der Waals surface area contributed by atoms with Crippen LogP contribution in [-0.4, -0.2) is 17.6 Å². The largest absolute Gasteiger partial charge is 0.574 e. The first kappa shape index (κ1) is 12.9. The van der Waals surface area contributed by atoms with Crippen LogP contribution >= 0.6 is 15.9 Å². The summed E-state index contributed by atoms with van der Waals surface area (Å²) in [5, 5.41) is -0.0355. The quantitative estimate of drug-likeness (QED) is 0.373. The van der Waals surface area contributed by atoms with Crippen molar-refractivity contribution < 1.29 is 27.1 Å². The zero-order valence-corrected chi connectivity index (χ0v) is 9.10. The van der Waals surface area contributed by atoms with Gasteiger partial charge in [-0.3, -0.25) is 4.79 Å². The minimum Gasteiger partial charge on any atom is -0.388 e. The standard InChI is InChI=1S/C8H4BrF4NO2/c9-2-5-4(3-15)1-6(14-7(5)10)16-8(11,12)13/h1,3H,2H2. The van der Waals surface area contributed by atoms with Gasteiger partial charge < -0.3 is 4.74 Å². The second kappa shape index (κ2) is 4.77. The van der Waals surface area contributed by atoms with Gasteiger partial charge in [-0.05, 0) is 0 Å². The Bertz CT molecular complexity index is 408. The fraction of sp³-hybridized carbons (Fsp3) is 0.250. The summed E-state index contributed by atoms with van der Waals surface area (Å²) < 4.78 is 52.0. The van der Waals surface area contributed by atoms with E-state index in [0.29, 0.717) is 0 Å². The van der Waals surface area contributed by atoms with Gasteiger partial charge in [0.05, 0.1) is 0 Å². The predicted molar refractivity (Wildman–Crippen MR) is 48.9 cm³/mol. The summed E-state index contributed by atoms with van der Waals surface area (Å²) in [4.78, 5) is 13.4. The van der Waals surface area contributed by atoms with Crippen LogP contribution in [0.2, 0.25) is 0 Å². The molecular weight excluding hydrogens is 298 g/mol. The van der Waals surface area contributed by atoms with Crippen molar-refractivity contribution in [2.45, 2.75) is 11.7 Å². The Hall–Kier alpha value is -1.18. The van der Waals surface area contributed by atoms with Crippen LogP contribution in [0.15, 0.2) is 6.07 Å². The van der Waals surface area contributed by atoms with E-state index in [0.717, 1.165) is 6.07 Å². The van der Waals surface area contributed by atoms with Crippen LogP contribution in [-0.2, 0) is 5.33 Å². The number of halogens is 5. The Kier molecular flexibility index (Phi) is 3.84. The van der Waals surface area contributed by atoms with Gasteiger partial charge in [0.25, 0.3) is 0 Å². The second-order valence-electron chi connectivity index (χ2n) is 2.62. The van der Waals surface area contributed by atoms with E-state index < -0.39 is 18.2 Å². The first-order valence-corrected chi connectivity index (χ1v) is 4.96. The molecule has 0 aliphatic carbocycles. The molecule has 0 saturated heterocycles. The number of hydrogen-bond donors (Lipinski definition) is 0. The third kappa shape index (κ3) is 3.16. The Morgan fingerprint density at radius 3 is 2.56 bits per heavy atom. The summed E-state index contributed by atoms with van der Waals surface area (Å²) in [5.41, 5.74) is -0.367. The van der Waals surface area contributed by atoms with E-state index in [1.165, 1.54) is 0 Å². The lowest BCUT2D eigenvalue weighted by Gasteiger charge is -2.09. The average molecular weight is 302 g/mol. The maximum atomic E-state index is 13.1. The van der Waals surface area contributed by atoms with Gasteiger partial charge in [0, 0.05) is 22.5 Å². The highest BCUT2D eigenvalue weighted by Gasteiger charge is 2.32. The number of aldehydes is 1. The molecule has 0 bridgehead atoms. The van der Waals surface area contributed by atoms with Crippen molar-refractivity contribution in [1.82, 2.24) is 4.98 Å². The van der Waals surface area contributed by atoms with Crippen LogP contribution in [0.25, 0.3) is 0 Å². The molecule has 0 aliphatic heterocycles. The zero-order chi connectivity index (χ0) is 12.3. The molecule has 0 amide bonds. The lowest BCUT2D eigenvalue weighted by atomic mass is 10.2. The molecule has 0 spiro atoms. The molecule has 0 radical (unpaired) electrons. The normalized spacial score (nSPS) is 11.3. The average Bonchev–Trinajstić information content (AvgIpc) is 2.14. The molecule has 0 atom stereocenters. The number of pyridine rings is 1. The van der Waals surface area contributed by atoms with Gasteiger partial charge in [-0.1, -0.05) is 15.9 Å². The van der Waals surface area contributed by atoms with Gasteiger partial charge in [-0.2, -0.15) is 9.37 Å². The van der Waals surface area contributed by atoms with Crippen LogP contribution in [0.4, 0.5) is 17.6 Å². The van der Waals surface area contributed by atoms with Crippen molar-refractivity contribution in [1.29, 1.82) is 0 Å². The fourth-order valence-electron chi connectivity index (χ4n) is 0.944. The van der Waals surface area contributed by atoms with Crippen molar-refractivity contribution in [3.05, 3.63) is 23.1 Å². The van der Waals surface area contributed by atoms with E-state index in [1.54, 1.807) is 0 Å². The maximum Gasteiger partial charge on any atom is 0.574 e. The number of ether oxygens (including phenoxy) is 1. The fourth-order valence-corrected chi connectivity index (χ4v) is 1.50. The van der Waals surface area contributed by atoms with Crippen molar-refractivity contribution in [2.75, 3.05) is 0 Å². The first-order valence-electron chi connectivity index (χ1n) is 3.83. The highest BCUT2D eigenvalue weighted by molar-refractivity contribution is 9.08. The summed E-state index contributed by atoms with van der Waals surface area (Å²) in [6.45, 7) is 0. The predicted octanol–water partition coefficient (Wildman–Crippen LogP) is 2.83. The lowest BCUT2D eigenvalue weighted by Crippen LogP contribution is -2.18. The van der Waals surface area contributed by atoms with Gasteiger partial charge in [-0.25, -0.2) is 0 Å². The highest BCUT2D eigenvalue weighted by Crippen LogP contribution is 2.24. The molecule has 1 rings (SSSR count). The number of carbonyl (C=O) groups is 1. The molecule has 0 unspecified atom stereocenters. The van der Waals surface area contributed by atoms with Gasteiger partial charge in [0.1, 0.15) is 0 Å². The molecule has 0 aliphatic rings. The van der Waals surface area contributed by atoms with Crippen molar-refractivity contribution in [3.8, 4) is 5.88 Å². The highest BCUT2D eigenvalue weighted by atomic mass is 79.9. The Balaban J connectivity index is 3.15. The molecule has 16 heavy (non-hydrogen) atoms. The Morgan fingerprint density at radius 1 is 1.50 bits per heavy atom. The monoisotopic (exact) mass is 301 g/mol. The van der Waals surface area contributed by atoms with Gasteiger partial charge in [0.15, 0.2) is 6.29 Å². The van der Waals surface area contributed by atoms with E-state index >= 15 is 0 Å². The maximum absolute atomic E-state index is 13.1. The van der Waals surface area contributed by atoms with Crippen molar-refractivity contribution in [2.24, 2.45) is 0 Å². The summed E-state index contributed by atoms with van der Waals surface area (Å²) in [6, 6.07) is 0.722. The smallest absolute Gasteiger partial charge is 0.388 e. The van der Waals surface area contributed by atoms with Crippen LogP contribution in [0.3, 0.4) is 0 Å². The van der Waals surface area contributed by atoms with Gasteiger partial charge >= 0.3 is 6.36 Å². The number of carbonyl (C=O) groups excluding carboxylic acids is 1. The number of hydrogen-bond acceptors (Lipinski definition) is 3. The lowest BCUT2D eigenvalue weighted by molar-refractivity contribution is -0.276. The van der Waals surface area contributed by atoms with Crippen LogP contribution in [0.1, 0.15) is 15.9 Å². The molecular formula is C8H4BrF4NO2. The van der Waals surface area contributed by atoms with Gasteiger partial charge in [0.2, 0.25) is 11.8 Å². The van der Waals surface area contributed by atoms with Crippen molar-refractivity contribution in [3.63, 3.8) is 0 Å². The third-order valence-electron chi connectivity index (χ3n) is 1.57. The van der Waals surface area contributed by atoms with Crippen LogP contribution in [0.5, 0.6) is 5.88 Å². The topological polar surface area (TPSA) is 39.2 Å². The molecule has 3 nitrogen and oxygen atoms in total. The molecule has 8 heteroatoms. The first-order chi connectivity index (χ1) is 7.37. The summed E-state index contributed by atoms with van der Waals surface area (Å²) in [6.07, 6.45) is -4.75. The minimum absolute atomic E-state index is 0.0355. The van der Waals surface area contributed by atoms with E-state index in [-0.39, 0.29) is 22.7 Å². The van der Waals surface area contributed by atoms with Crippen LogP contribution < -0.4 is 4.74 Å². The molecule has 0 saturated carbocycles. The van der Waals surface area contributed by atoms with E-state index in [9.17, 15) is 22.4 Å². The summed E-state index contributed by atoms with van der Waals surface area (Å²) in [5.74, 6) is -2.18. The third-order valence-corrected chi connectivity index (χ3v) is 2.13. The molecule has 1 aromatic rings. The van der Waals surface area contributed by atoms with Crippen molar-refractivity contribution >= 4 is 22.2 Å². The molecule has 0 aromatic carbocycles.